The number of hydrogen-bond donors (Lipinski definition) is 2. The van der Waals surface area contributed by atoms with E-state index < -0.39 is 16.0 Å². The highest BCUT2D eigenvalue weighted by atomic mass is 32.2. The number of carboxylic acids is 1. The summed E-state index contributed by atoms with van der Waals surface area (Å²) in [6, 6.07) is 8.15. The lowest BCUT2D eigenvalue weighted by atomic mass is 9.99. The normalized spacial score (nSPS) is 17.2. The number of sulfonamides is 1. The summed E-state index contributed by atoms with van der Waals surface area (Å²) in [5.41, 5.74) is 3.64. The van der Waals surface area contributed by atoms with E-state index in [1.807, 2.05) is 19.9 Å². The van der Waals surface area contributed by atoms with Crippen molar-refractivity contribution >= 4 is 27.4 Å². The highest BCUT2D eigenvalue weighted by Gasteiger charge is 2.24. The molecule has 1 fully saturated rings. The predicted molar refractivity (Wildman–Crippen MR) is 115 cm³/mol. The van der Waals surface area contributed by atoms with Crippen molar-refractivity contribution in [2.45, 2.75) is 45.4 Å². The number of nitrogens with one attached hydrogen (secondary N) is 1. The molecule has 7 heteroatoms. The number of nitrogens with zero attached hydrogens (tertiary/aromatic N) is 1. The monoisotopic (exact) mass is 416 g/mol. The van der Waals surface area contributed by atoms with E-state index in [0.717, 1.165) is 37.1 Å². The molecule has 0 amide bonds. The lowest BCUT2D eigenvalue weighted by molar-refractivity contribution is 0.0697. The zero-order valence-electron chi connectivity index (χ0n) is 17.3. The van der Waals surface area contributed by atoms with Gasteiger partial charge in [0.1, 0.15) is 0 Å². The van der Waals surface area contributed by atoms with Crippen molar-refractivity contribution in [1.29, 1.82) is 0 Å². The van der Waals surface area contributed by atoms with Crippen molar-refractivity contribution in [2.24, 2.45) is 5.92 Å². The topological polar surface area (TPSA) is 86.7 Å². The lowest BCUT2D eigenvalue weighted by Gasteiger charge is -2.34. The summed E-state index contributed by atoms with van der Waals surface area (Å²) >= 11 is 0. The second-order valence-corrected chi connectivity index (χ2v) is 9.69. The van der Waals surface area contributed by atoms with Gasteiger partial charge in [-0.05, 0) is 80.5 Å². The van der Waals surface area contributed by atoms with Crippen LogP contribution in [-0.2, 0) is 10.0 Å². The molecule has 0 radical (unpaired) electrons. The summed E-state index contributed by atoms with van der Waals surface area (Å²) in [4.78, 5) is 13.8. The van der Waals surface area contributed by atoms with Gasteiger partial charge in [0.25, 0.3) is 10.0 Å². The first kappa shape index (κ1) is 21.2. The molecule has 156 valence electrons. The smallest absolute Gasteiger partial charge is 0.335 e. The number of anilines is 2. The third-order valence-corrected chi connectivity index (χ3v) is 7.07. The van der Waals surface area contributed by atoms with Crippen molar-refractivity contribution in [3.63, 3.8) is 0 Å². The van der Waals surface area contributed by atoms with Crippen LogP contribution >= 0.6 is 0 Å². The van der Waals surface area contributed by atoms with Crippen LogP contribution in [0.15, 0.2) is 35.2 Å². The van der Waals surface area contributed by atoms with E-state index in [9.17, 15) is 18.3 Å². The number of aryl methyl sites for hydroxylation is 3. The molecule has 0 bridgehead atoms. The van der Waals surface area contributed by atoms with Crippen LogP contribution in [0.2, 0.25) is 0 Å². The quantitative estimate of drug-likeness (QED) is 0.757. The largest absolute Gasteiger partial charge is 0.478 e. The number of benzene rings is 2. The van der Waals surface area contributed by atoms with Crippen LogP contribution in [0.1, 0.15) is 46.8 Å². The molecule has 1 aliphatic rings. The number of aromatic carboxylic acids is 1. The van der Waals surface area contributed by atoms with Crippen LogP contribution in [0.25, 0.3) is 0 Å². The fourth-order valence-corrected chi connectivity index (χ4v) is 5.24. The third kappa shape index (κ3) is 4.56. The van der Waals surface area contributed by atoms with Crippen LogP contribution in [0.4, 0.5) is 11.4 Å². The van der Waals surface area contributed by atoms with Gasteiger partial charge in [0.2, 0.25) is 0 Å². The molecule has 2 aromatic rings. The fraction of sp³-hybridized carbons (Fsp3) is 0.409. The van der Waals surface area contributed by atoms with Gasteiger partial charge < -0.3 is 10.0 Å². The highest BCUT2D eigenvalue weighted by Crippen LogP contribution is 2.33. The van der Waals surface area contributed by atoms with Crippen molar-refractivity contribution in [3.8, 4) is 0 Å². The average molecular weight is 417 g/mol. The van der Waals surface area contributed by atoms with E-state index in [-0.39, 0.29) is 10.5 Å². The van der Waals surface area contributed by atoms with E-state index in [4.69, 9.17) is 0 Å². The lowest BCUT2D eigenvalue weighted by Crippen LogP contribution is -2.35. The Morgan fingerprint density at radius 1 is 1.10 bits per heavy atom. The zero-order chi connectivity index (χ0) is 21.3. The summed E-state index contributed by atoms with van der Waals surface area (Å²) in [5.74, 6) is -0.597. The van der Waals surface area contributed by atoms with Crippen molar-refractivity contribution in [1.82, 2.24) is 0 Å². The van der Waals surface area contributed by atoms with Gasteiger partial charge in [-0.1, -0.05) is 13.0 Å². The Kier molecular flexibility index (Phi) is 5.89. The Balaban J connectivity index is 2.05. The van der Waals surface area contributed by atoms with E-state index in [1.54, 1.807) is 19.1 Å². The first-order valence-electron chi connectivity index (χ1n) is 9.81. The van der Waals surface area contributed by atoms with Gasteiger partial charge in [0.05, 0.1) is 21.8 Å². The summed E-state index contributed by atoms with van der Waals surface area (Å²) in [5, 5.41) is 9.39. The Morgan fingerprint density at radius 3 is 2.45 bits per heavy atom. The fourth-order valence-electron chi connectivity index (χ4n) is 3.86. The maximum Gasteiger partial charge on any atom is 0.335 e. The van der Waals surface area contributed by atoms with Crippen LogP contribution < -0.4 is 9.62 Å². The Hall–Kier alpha value is -2.54. The minimum atomic E-state index is -3.87. The van der Waals surface area contributed by atoms with Crippen molar-refractivity contribution < 1.29 is 18.3 Å². The van der Waals surface area contributed by atoms with Crippen molar-refractivity contribution in [2.75, 3.05) is 22.7 Å². The number of piperidine rings is 1. The van der Waals surface area contributed by atoms with E-state index in [1.165, 1.54) is 12.1 Å². The standard InChI is InChI=1S/C22H28N2O4S/c1-14-6-5-9-24(13-14)20-8-7-18(22(25)26)12-19(20)23-29(27,28)21-11-16(3)15(2)10-17(21)4/h7-8,10-12,14,23H,5-6,9,13H2,1-4H3,(H,25,26)/t14-/m1/s1. The molecule has 0 saturated carbocycles. The van der Waals surface area contributed by atoms with Gasteiger partial charge in [0, 0.05) is 13.1 Å². The molecule has 0 spiro atoms. The van der Waals surface area contributed by atoms with Crippen LogP contribution in [-0.4, -0.2) is 32.6 Å². The van der Waals surface area contributed by atoms with Gasteiger partial charge in [-0.2, -0.15) is 0 Å². The molecule has 1 saturated heterocycles. The SMILES string of the molecule is Cc1cc(C)c(S(=O)(=O)Nc2cc(C(=O)O)ccc2N2CCC[C@@H](C)C2)cc1C. The van der Waals surface area contributed by atoms with Crippen LogP contribution in [0.3, 0.4) is 0 Å². The molecule has 0 aromatic heterocycles. The second kappa shape index (κ2) is 8.06. The first-order chi connectivity index (χ1) is 13.6. The molecule has 3 rings (SSSR count). The summed E-state index contributed by atoms with van der Waals surface area (Å²) in [7, 11) is -3.87. The van der Waals surface area contributed by atoms with Crippen molar-refractivity contribution in [3.05, 3.63) is 52.6 Å². The van der Waals surface area contributed by atoms with Gasteiger partial charge in [0.15, 0.2) is 0 Å². The minimum absolute atomic E-state index is 0.0494. The molecule has 1 atom stereocenters. The average Bonchev–Trinajstić information content (AvgIpc) is 2.64. The molecule has 1 heterocycles. The molecule has 0 aliphatic carbocycles. The molecular formula is C22H28N2O4S. The highest BCUT2D eigenvalue weighted by molar-refractivity contribution is 7.92. The van der Waals surface area contributed by atoms with E-state index in [0.29, 0.717) is 22.9 Å². The number of carboxylic acid groups (broad SMARTS) is 1. The predicted octanol–water partition coefficient (Wildman–Crippen LogP) is 4.35. The third-order valence-electron chi connectivity index (χ3n) is 5.57. The Labute approximate surface area is 172 Å². The second-order valence-electron chi connectivity index (χ2n) is 8.04. The maximum atomic E-state index is 13.2. The van der Waals surface area contributed by atoms with Crippen LogP contribution in [0, 0.1) is 26.7 Å². The number of hydrogen-bond acceptors (Lipinski definition) is 4. The molecule has 2 aromatic carbocycles. The zero-order valence-corrected chi connectivity index (χ0v) is 18.1. The molecule has 29 heavy (non-hydrogen) atoms. The molecule has 1 aliphatic heterocycles. The summed E-state index contributed by atoms with van der Waals surface area (Å²) < 4.78 is 29.0. The number of carbonyl (C=O) groups is 1. The molecule has 6 nitrogen and oxygen atoms in total. The van der Waals surface area contributed by atoms with Gasteiger partial charge >= 0.3 is 5.97 Å². The van der Waals surface area contributed by atoms with E-state index in [2.05, 4.69) is 16.5 Å². The summed E-state index contributed by atoms with van der Waals surface area (Å²) in [6.45, 7) is 9.37. The van der Waals surface area contributed by atoms with Gasteiger partial charge in [-0.15, -0.1) is 0 Å². The number of rotatable bonds is 5. The molecular weight excluding hydrogens is 388 g/mol. The first-order valence-corrected chi connectivity index (χ1v) is 11.3. The molecule has 2 N–H and O–H groups in total. The molecule has 0 unspecified atom stereocenters. The van der Waals surface area contributed by atoms with Gasteiger partial charge in [-0.3, -0.25) is 4.72 Å². The van der Waals surface area contributed by atoms with Crippen LogP contribution in [0.5, 0.6) is 0 Å². The van der Waals surface area contributed by atoms with Gasteiger partial charge in [-0.25, -0.2) is 13.2 Å². The Bertz CT molecular complexity index is 1050. The minimum Gasteiger partial charge on any atom is -0.478 e. The summed E-state index contributed by atoms with van der Waals surface area (Å²) in [6.07, 6.45) is 2.15. The Morgan fingerprint density at radius 2 is 1.79 bits per heavy atom. The van der Waals surface area contributed by atoms with E-state index >= 15 is 0 Å². The maximum absolute atomic E-state index is 13.2.